The van der Waals surface area contributed by atoms with Crippen LogP contribution in [0, 0.1) is 12.7 Å². The summed E-state index contributed by atoms with van der Waals surface area (Å²) in [6.07, 6.45) is 0. The van der Waals surface area contributed by atoms with Crippen molar-refractivity contribution < 1.29 is 22.7 Å². The molecule has 0 radical (unpaired) electrons. The van der Waals surface area contributed by atoms with Crippen molar-refractivity contribution in [1.29, 1.82) is 0 Å². The van der Waals surface area contributed by atoms with Crippen LogP contribution < -0.4 is 4.72 Å². The molecule has 1 aromatic rings. The fourth-order valence-electron chi connectivity index (χ4n) is 1.21. The quantitative estimate of drug-likeness (QED) is 0.843. The predicted octanol–water partition coefficient (Wildman–Crippen LogP) is 0.886. The smallest absolute Gasteiger partial charge is 0.321 e. The van der Waals surface area contributed by atoms with Crippen LogP contribution in [0.1, 0.15) is 12.5 Å². The molecular formula is C10H12FNO4S. The normalized spacial score (nSPS) is 13.4. The summed E-state index contributed by atoms with van der Waals surface area (Å²) in [7, 11) is -4.03. The second kappa shape index (κ2) is 4.80. The number of aliphatic carboxylic acids is 1. The molecule has 1 atom stereocenters. The maximum Gasteiger partial charge on any atom is 0.321 e. The van der Waals surface area contributed by atoms with Crippen molar-refractivity contribution in [2.24, 2.45) is 0 Å². The third-order valence-corrected chi connectivity index (χ3v) is 3.82. The molecule has 0 amide bonds. The Bertz CT molecular complexity index is 541. The van der Waals surface area contributed by atoms with Gasteiger partial charge in [0.05, 0.1) is 4.90 Å². The van der Waals surface area contributed by atoms with Crippen molar-refractivity contribution in [3.63, 3.8) is 0 Å². The molecule has 0 aliphatic heterocycles. The minimum atomic E-state index is -4.03. The second-order valence-corrected chi connectivity index (χ2v) is 5.27. The van der Waals surface area contributed by atoms with Gasteiger partial charge in [-0.15, -0.1) is 0 Å². The van der Waals surface area contributed by atoms with Crippen LogP contribution in [0.15, 0.2) is 23.1 Å². The highest BCUT2D eigenvalue weighted by Crippen LogP contribution is 2.16. The molecule has 17 heavy (non-hydrogen) atoms. The standard InChI is InChI=1S/C10H12FNO4S/c1-6-3-4-8(11)5-9(6)17(15,16)12-7(2)10(13)14/h3-5,7,12H,1-2H3,(H,13,14)/t7-/m0/s1. The largest absolute Gasteiger partial charge is 0.480 e. The van der Waals surface area contributed by atoms with Crippen LogP contribution in [0.2, 0.25) is 0 Å². The van der Waals surface area contributed by atoms with Gasteiger partial charge < -0.3 is 5.11 Å². The Morgan fingerprint density at radius 2 is 2.06 bits per heavy atom. The van der Waals surface area contributed by atoms with E-state index in [1.165, 1.54) is 19.9 Å². The lowest BCUT2D eigenvalue weighted by atomic mass is 10.2. The molecule has 0 saturated heterocycles. The van der Waals surface area contributed by atoms with Gasteiger partial charge in [-0.3, -0.25) is 4.79 Å². The first-order valence-corrected chi connectivity index (χ1v) is 6.23. The number of sulfonamides is 1. The Morgan fingerprint density at radius 3 is 2.59 bits per heavy atom. The van der Waals surface area contributed by atoms with Gasteiger partial charge in [0.15, 0.2) is 0 Å². The minimum Gasteiger partial charge on any atom is -0.480 e. The molecule has 0 aromatic heterocycles. The van der Waals surface area contributed by atoms with Gasteiger partial charge in [0.2, 0.25) is 10.0 Å². The molecule has 0 fully saturated rings. The lowest BCUT2D eigenvalue weighted by molar-refractivity contribution is -0.138. The molecule has 7 heteroatoms. The van der Waals surface area contributed by atoms with Gasteiger partial charge in [-0.2, -0.15) is 4.72 Å². The molecule has 94 valence electrons. The molecule has 0 spiro atoms. The summed E-state index contributed by atoms with van der Waals surface area (Å²) in [4.78, 5) is 10.3. The van der Waals surface area contributed by atoms with E-state index in [4.69, 9.17) is 5.11 Å². The van der Waals surface area contributed by atoms with E-state index < -0.39 is 27.9 Å². The van der Waals surface area contributed by atoms with Crippen LogP contribution in [0.5, 0.6) is 0 Å². The van der Waals surface area contributed by atoms with Gasteiger partial charge in [0, 0.05) is 0 Å². The van der Waals surface area contributed by atoms with E-state index in [1.807, 2.05) is 4.72 Å². The van der Waals surface area contributed by atoms with E-state index in [2.05, 4.69) is 0 Å². The summed E-state index contributed by atoms with van der Waals surface area (Å²) in [5.41, 5.74) is 0.344. The molecule has 0 heterocycles. The third kappa shape index (κ3) is 3.24. The average Bonchev–Trinajstić information content (AvgIpc) is 2.20. The van der Waals surface area contributed by atoms with Crippen molar-refractivity contribution in [3.8, 4) is 0 Å². The molecule has 1 aromatic carbocycles. The second-order valence-electron chi connectivity index (χ2n) is 3.59. The first-order valence-electron chi connectivity index (χ1n) is 4.75. The van der Waals surface area contributed by atoms with Crippen molar-refractivity contribution in [1.82, 2.24) is 4.72 Å². The van der Waals surface area contributed by atoms with Gasteiger partial charge in [0.25, 0.3) is 0 Å². The Hall–Kier alpha value is -1.47. The number of hydrogen-bond donors (Lipinski definition) is 2. The highest BCUT2D eigenvalue weighted by atomic mass is 32.2. The maximum atomic E-state index is 13.0. The van der Waals surface area contributed by atoms with Gasteiger partial charge in [-0.1, -0.05) is 6.07 Å². The Kier molecular flexibility index (Phi) is 3.84. The monoisotopic (exact) mass is 261 g/mol. The maximum absolute atomic E-state index is 13.0. The summed E-state index contributed by atoms with van der Waals surface area (Å²) in [5.74, 6) is -2.00. The molecule has 1 rings (SSSR count). The molecule has 0 bridgehead atoms. The lowest BCUT2D eigenvalue weighted by Gasteiger charge is -2.12. The van der Waals surface area contributed by atoms with Crippen LogP contribution in [-0.4, -0.2) is 25.5 Å². The Balaban J connectivity index is 3.13. The molecule has 0 saturated carbocycles. The fraction of sp³-hybridized carbons (Fsp3) is 0.300. The number of aryl methyl sites for hydroxylation is 1. The number of rotatable bonds is 4. The first kappa shape index (κ1) is 13.6. The van der Waals surface area contributed by atoms with Crippen LogP contribution >= 0.6 is 0 Å². The van der Waals surface area contributed by atoms with Crippen LogP contribution in [0.4, 0.5) is 4.39 Å². The van der Waals surface area contributed by atoms with Crippen molar-refractivity contribution >= 4 is 16.0 Å². The summed E-state index contributed by atoms with van der Waals surface area (Å²) < 4.78 is 38.5. The number of hydrogen-bond acceptors (Lipinski definition) is 3. The molecule has 0 unspecified atom stereocenters. The fourth-order valence-corrected chi connectivity index (χ4v) is 2.66. The van der Waals surface area contributed by atoms with Gasteiger partial charge >= 0.3 is 5.97 Å². The van der Waals surface area contributed by atoms with Crippen molar-refractivity contribution in [2.75, 3.05) is 0 Å². The summed E-state index contributed by atoms with van der Waals surface area (Å²) in [6.45, 7) is 2.69. The van der Waals surface area contributed by atoms with Crippen LogP contribution in [0.3, 0.4) is 0 Å². The third-order valence-electron chi connectivity index (χ3n) is 2.14. The van der Waals surface area contributed by atoms with Gasteiger partial charge in [0.1, 0.15) is 11.9 Å². The Morgan fingerprint density at radius 1 is 1.47 bits per heavy atom. The predicted molar refractivity (Wildman–Crippen MR) is 58.6 cm³/mol. The zero-order chi connectivity index (χ0) is 13.2. The summed E-state index contributed by atoms with van der Waals surface area (Å²) in [5, 5.41) is 8.62. The number of halogens is 1. The summed E-state index contributed by atoms with van der Waals surface area (Å²) >= 11 is 0. The first-order chi connectivity index (χ1) is 7.74. The van der Waals surface area contributed by atoms with Crippen LogP contribution in [-0.2, 0) is 14.8 Å². The number of nitrogens with one attached hydrogen (secondary N) is 1. The van der Waals surface area contributed by atoms with Crippen molar-refractivity contribution in [3.05, 3.63) is 29.6 Å². The molecular weight excluding hydrogens is 249 g/mol. The number of carboxylic acid groups (broad SMARTS) is 1. The van der Waals surface area contributed by atoms with Gasteiger partial charge in [-0.25, -0.2) is 12.8 Å². The topological polar surface area (TPSA) is 83.5 Å². The molecule has 2 N–H and O–H groups in total. The van der Waals surface area contributed by atoms with Gasteiger partial charge in [-0.05, 0) is 31.5 Å². The zero-order valence-corrected chi connectivity index (χ0v) is 10.1. The number of carboxylic acids is 1. The van der Waals surface area contributed by atoms with E-state index in [1.54, 1.807) is 0 Å². The number of carbonyl (C=O) groups is 1. The Labute approximate surface area is 98.3 Å². The van der Waals surface area contributed by atoms with E-state index in [-0.39, 0.29) is 4.90 Å². The molecule has 0 aliphatic rings. The zero-order valence-electron chi connectivity index (χ0n) is 9.27. The molecule has 0 aliphatic carbocycles. The molecule has 5 nitrogen and oxygen atoms in total. The minimum absolute atomic E-state index is 0.259. The average molecular weight is 261 g/mol. The highest BCUT2D eigenvalue weighted by Gasteiger charge is 2.23. The highest BCUT2D eigenvalue weighted by molar-refractivity contribution is 7.89. The van der Waals surface area contributed by atoms with Crippen molar-refractivity contribution in [2.45, 2.75) is 24.8 Å². The van der Waals surface area contributed by atoms with E-state index in [0.29, 0.717) is 5.56 Å². The SMILES string of the molecule is Cc1ccc(F)cc1S(=O)(=O)N[C@@H](C)C(=O)O. The number of benzene rings is 1. The van der Waals surface area contributed by atoms with E-state index >= 15 is 0 Å². The van der Waals surface area contributed by atoms with E-state index in [9.17, 15) is 17.6 Å². The lowest BCUT2D eigenvalue weighted by Crippen LogP contribution is -2.38. The van der Waals surface area contributed by atoms with Crippen LogP contribution in [0.25, 0.3) is 0 Å². The van der Waals surface area contributed by atoms with E-state index in [0.717, 1.165) is 12.1 Å². The summed E-state index contributed by atoms with van der Waals surface area (Å²) in [6, 6.07) is 2.03.